The Kier molecular flexibility index (Phi) is 3.90. The van der Waals surface area contributed by atoms with Crippen molar-refractivity contribution in [3.63, 3.8) is 0 Å². The molecular weight excluding hydrogens is 266 g/mol. The van der Waals surface area contributed by atoms with Gasteiger partial charge in [0.25, 0.3) is 0 Å². The van der Waals surface area contributed by atoms with Crippen LogP contribution >= 0.6 is 0 Å². The molecule has 0 spiro atoms. The van der Waals surface area contributed by atoms with Gasteiger partial charge in [-0.25, -0.2) is 0 Å². The van der Waals surface area contributed by atoms with Gasteiger partial charge in [0.2, 0.25) is 11.8 Å². The predicted octanol–water partition coefficient (Wildman–Crippen LogP) is 1.54. The maximum absolute atomic E-state index is 12.3. The van der Waals surface area contributed by atoms with Crippen molar-refractivity contribution in [2.24, 2.45) is 5.41 Å². The summed E-state index contributed by atoms with van der Waals surface area (Å²) in [5.41, 5.74) is -0.0185. The van der Waals surface area contributed by atoms with Gasteiger partial charge in [0, 0.05) is 12.2 Å². The summed E-state index contributed by atoms with van der Waals surface area (Å²) in [7, 11) is 0. The number of hydrogen-bond acceptors (Lipinski definition) is 3. The van der Waals surface area contributed by atoms with E-state index < -0.39 is 5.41 Å². The molecule has 2 amide bonds. The van der Waals surface area contributed by atoms with E-state index in [4.69, 9.17) is 0 Å². The van der Waals surface area contributed by atoms with Crippen LogP contribution in [0.3, 0.4) is 0 Å². The van der Waals surface area contributed by atoms with Crippen molar-refractivity contribution in [1.82, 2.24) is 15.6 Å². The molecule has 2 N–H and O–H groups in total. The van der Waals surface area contributed by atoms with Crippen molar-refractivity contribution in [3.8, 4) is 0 Å². The van der Waals surface area contributed by atoms with Crippen LogP contribution in [0.2, 0.25) is 0 Å². The number of hydrogen-bond donors (Lipinski definition) is 2. The highest BCUT2D eigenvalue weighted by Crippen LogP contribution is 2.46. The quantitative estimate of drug-likeness (QED) is 0.807. The molecule has 2 saturated carbocycles. The van der Waals surface area contributed by atoms with Gasteiger partial charge >= 0.3 is 0 Å². The van der Waals surface area contributed by atoms with Gasteiger partial charge in [0.1, 0.15) is 5.41 Å². The van der Waals surface area contributed by atoms with E-state index in [2.05, 4.69) is 15.6 Å². The molecule has 1 aromatic heterocycles. The number of nitrogens with one attached hydrogen (secondary N) is 2. The van der Waals surface area contributed by atoms with Gasteiger partial charge in [-0.05, 0) is 37.8 Å². The zero-order valence-electron chi connectivity index (χ0n) is 12.1. The Labute approximate surface area is 124 Å². The van der Waals surface area contributed by atoms with Crippen molar-refractivity contribution in [2.75, 3.05) is 0 Å². The van der Waals surface area contributed by atoms with Crippen LogP contribution in [0.25, 0.3) is 0 Å². The van der Waals surface area contributed by atoms with Gasteiger partial charge in [0.05, 0.1) is 12.2 Å². The van der Waals surface area contributed by atoms with Crippen LogP contribution in [0, 0.1) is 5.41 Å². The minimum atomic E-state index is -0.822. The van der Waals surface area contributed by atoms with Crippen LogP contribution in [0.5, 0.6) is 0 Å². The molecule has 1 aromatic rings. The largest absolute Gasteiger partial charge is 0.352 e. The lowest BCUT2D eigenvalue weighted by atomic mass is 10.0. The fourth-order valence-corrected chi connectivity index (χ4v) is 2.92. The molecule has 0 radical (unpaired) electrons. The van der Waals surface area contributed by atoms with Crippen LogP contribution in [-0.4, -0.2) is 22.8 Å². The molecule has 2 aliphatic rings. The van der Waals surface area contributed by atoms with Crippen molar-refractivity contribution < 1.29 is 9.59 Å². The molecule has 2 aliphatic carbocycles. The second-order valence-electron chi connectivity index (χ2n) is 6.04. The SMILES string of the molecule is O=C(NCc1ccccn1)C1(C(=O)NC2CCCC2)CC1. The average molecular weight is 287 g/mol. The molecule has 5 heteroatoms. The molecule has 0 unspecified atom stereocenters. The normalized spacial score (nSPS) is 20.0. The lowest BCUT2D eigenvalue weighted by Gasteiger charge is -2.18. The van der Waals surface area contributed by atoms with Crippen LogP contribution in [0.4, 0.5) is 0 Å². The first-order chi connectivity index (χ1) is 10.2. The van der Waals surface area contributed by atoms with Gasteiger partial charge in [-0.15, -0.1) is 0 Å². The summed E-state index contributed by atoms with van der Waals surface area (Å²) < 4.78 is 0. The zero-order chi connectivity index (χ0) is 14.7. The number of amides is 2. The molecule has 1 heterocycles. The van der Waals surface area contributed by atoms with Crippen LogP contribution in [0.1, 0.15) is 44.2 Å². The summed E-state index contributed by atoms with van der Waals surface area (Å²) >= 11 is 0. The summed E-state index contributed by atoms with van der Waals surface area (Å²) in [6, 6.07) is 5.84. The maximum atomic E-state index is 12.3. The lowest BCUT2D eigenvalue weighted by molar-refractivity contribution is -0.137. The molecule has 0 aromatic carbocycles. The zero-order valence-corrected chi connectivity index (χ0v) is 12.1. The van der Waals surface area contributed by atoms with Crippen LogP contribution < -0.4 is 10.6 Å². The summed E-state index contributed by atoms with van der Waals surface area (Å²) in [5, 5.41) is 5.89. The maximum Gasteiger partial charge on any atom is 0.236 e. The topological polar surface area (TPSA) is 71.1 Å². The highest BCUT2D eigenvalue weighted by atomic mass is 16.2. The average Bonchev–Trinajstić information content (AvgIpc) is 3.18. The van der Waals surface area contributed by atoms with E-state index >= 15 is 0 Å². The fourth-order valence-electron chi connectivity index (χ4n) is 2.92. The minimum Gasteiger partial charge on any atom is -0.352 e. The number of nitrogens with zero attached hydrogens (tertiary/aromatic N) is 1. The van der Waals surface area contributed by atoms with Crippen molar-refractivity contribution >= 4 is 11.8 Å². The third-order valence-corrected chi connectivity index (χ3v) is 4.47. The molecule has 21 heavy (non-hydrogen) atoms. The van der Waals surface area contributed by atoms with E-state index in [0.717, 1.165) is 18.5 Å². The molecular formula is C16H21N3O2. The van der Waals surface area contributed by atoms with E-state index in [1.165, 1.54) is 12.8 Å². The van der Waals surface area contributed by atoms with Gasteiger partial charge in [0.15, 0.2) is 0 Å². The van der Waals surface area contributed by atoms with Gasteiger partial charge in [-0.1, -0.05) is 18.9 Å². The number of aromatic nitrogens is 1. The summed E-state index contributed by atoms with van der Waals surface area (Å²) in [4.78, 5) is 28.8. The van der Waals surface area contributed by atoms with Crippen LogP contribution in [0.15, 0.2) is 24.4 Å². The number of carbonyl (C=O) groups is 2. The molecule has 5 nitrogen and oxygen atoms in total. The standard InChI is InChI=1S/C16H21N3O2/c20-14(18-11-13-7-3-4-10-17-13)16(8-9-16)15(21)19-12-5-1-2-6-12/h3-4,7,10,12H,1-2,5-6,8-9,11H2,(H,18,20)(H,19,21). The molecule has 112 valence electrons. The Bertz CT molecular complexity index is 520. The highest BCUT2D eigenvalue weighted by Gasteiger charge is 2.56. The monoisotopic (exact) mass is 287 g/mol. The molecule has 0 bridgehead atoms. The fraction of sp³-hybridized carbons (Fsp3) is 0.562. The first-order valence-corrected chi connectivity index (χ1v) is 7.70. The summed E-state index contributed by atoms with van der Waals surface area (Å²) in [6.45, 7) is 0.373. The minimum absolute atomic E-state index is 0.0899. The first kappa shape index (κ1) is 14.0. The Morgan fingerprint density at radius 1 is 1.19 bits per heavy atom. The first-order valence-electron chi connectivity index (χ1n) is 7.70. The number of carbonyl (C=O) groups excluding carboxylic acids is 2. The van der Waals surface area contributed by atoms with Crippen molar-refractivity contribution in [3.05, 3.63) is 30.1 Å². The third kappa shape index (κ3) is 3.06. The second kappa shape index (κ2) is 5.84. The molecule has 0 saturated heterocycles. The Morgan fingerprint density at radius 3 is 2.57 bits per heavy atom. The lowest BCUT2D eigenvalue weighted by Crippen LogP contribution is -2.45. The van der Waals surface area contributed by atoms with Crippen molar-refractivity contribution in [2.45, 2.75) is 51.1 Å². The molecule has 0 atom stereocenters. The Hall–Kier alpha value is -1.91. The number of pyridine rings is 1. The molecule has 3 rings (SSSR count). The Morgan fingerprint density at radius 2 is 1.95 bits per heavy atom. The molecule has 0 aliphatic heterocycles. The summed E-state index contributed by atoms with van der Waals surface area (Å²) in [5.74, 6) is -0.253. The highest BCUT2D eigenvalue weighted by molar-refractivity contribution is 6.07. The second-order valence-corrected chi connectivity index (χ2v) is 6.04. The smallest absolute Gasteiger partial charge is 0.236 e. The van der Waals surface area contributed by atoms with Gasteiger partial charge in [-0.3, -0.25) is 14.6 Å². The van der Waals surface area contributed by atoms with Gasteiger partial charge in [-0.2, -0.15) is 0 Å². The van der Waals surface area contributed by atoms with E-state index in [9.17, 15) is 9.59 Å². The summed E-state index contributed by atoms with van der Waals surface area (Å²) in [6.07, 6.45) is 7.42. The predicted molar refractivity (Wildman–Crippen MR) is 78.1 cm³/mol. The van der Waals surface area contributed by atoms with E-state index in [1.807, 2.05) is 18.2 Å². The van der Waals surface area contributed by atoms with Gasteiger partial charge < -0.3 is 10.6 Å². The third-order valence-electron chi connectivity index (χ3n) is 4.47. The van der Waals surface area contributed by atoms with Crippen LogP contribution in [-0.2, 0) is 16.1 Å². The Balaban J connectivity index is 1.54. The van der Waals surface area contributed by atoms with E-state index in [-0.39, 0.29) is 17.9 Å². The van der Waals surface area contributed by atoms with Crippen molar-refractivity contribution in [1.29, 1.82) is 0 Å². The molecule has 2 fully saturated rings. The number of rotatable bonds is 5. The van der Waals surface area contributed by atoms with E-state index in [1.54, 1.807) is 6.20 Å². The van der Waals surface area contributed by atoms with E-state index in [0.29, 0.717) is 19.4 Å².